The van der Waals surface area contributed by atoms with Crippen LogP contribution in [-0.4, -0.2) is 20.0 Å². The number of rotatable bonds is 4. The fraction of sp³-hybridized carbons (Fsp3) is 0.154. The maximum absolute atomic E-state index is 12.6. The summed E-state index contributed by atoms with van der Waals surface area (Å²) in [6.07, 6.45) is 0. The van der Waals surface area contributed by atoms with Crippen molar-refractivity contribution in [3.63, 3.8) is 0 Å². The van der Waals surface area contributed by atoms with E-state index in [0.717, 1.165) is 11.3 Å². The van der Waals surface area contributed by atoms with E-state index in [1.54, 1.807) is 18.2 Å². The predicted octanol–water partition coefficient (Wildman–Crippen LogP) is 5.07. The van der Waals surface area contributed by atoms with Gasteiger partial charge in [0.05, 0.1) is 34.2 Å². The maximum atomic E-state index is 12.6. The lowest BCUT2D eigenvalue weighted by molar-refractivity contribution is 0.103. The number of hydrogen-bond donors (Lipinski definition) is 0. The largest absolute Gasteiger partial charge is 0.496 e. The topological polar surface area (TPSA) is 35.5 Å². The minimum atomic E-state index is -0.263. The smallest absolute Gasteiger partial charge is 0.199 e. The van der Waals surface area contributed by atoms with E-state index in [0.29, 0.717) is 35.8 Å². The first-order valence-corrected chi connectivity index (χ1v) is 7.75. The van der Waals surface area contributed by atoms with Crippen molar-refractivity contribution in [2.45, 2.75) is 0 Å². The molecule has 2 aromatic rings. The van der Waals surface area contributed by atoms with Crippen LogP contribution in [-0.2, 0) is 0 Å². The number of hydrogen-bond acceptors (Lipinski definition) is 4. The number of ether oxygens (including phenoxy) is 2. The number of ketones is 1. The van der Waals surface area contributed by atoms with Gasteiger partial charge in [0, 0.05) is 0 Å². The highest BCUT2D eigenvalue weighted by Gasteiger charge is 2.21. The van der Waals surface area contributed by atoms with Crippen LogP contribution in [0.4, 0.5) is 0 Å². The number of thiophene rings is 1. The summed E-state index contributed by atoms with van der Waals surface area (Å²) in [5, 5.41) is 0. The summed E-state index contributed by atoms with van der Waals surface area (Å²) in [5.41, 5.74) is 0.716. The van der Waals surface area contributed by atoms with Crippen LogP contribution >= 0.6 is 50.5 Å². The van der Waals surface area contributed by atoms with E-state index in [1.807, 2.05) is 0 Å². The monoisotopic (exact) mass is 394 g/mol. The summed E-state index contributed by atoms with van der Waals surface area (Å²) in [5.74, 6) is 0.702. The fourth-order valence-corrected chi connectivity index (χ4v) is 3.62. The van der Waals surface area contributed by atoms with Crippen LogP contribution < -0.4 is 9.47 Å². The highest BCUT2D eigenvalue weighted by atomic mass is 79.9. The molecule has 0 bridgehead atoms. The molecule has 0 aliphatic heterocycles. The Hall–Kier alpha value is -0.750. The summed E-state index contributed by atoms with van der Waals surface area (Å²) in [4.78, 5) is 12.6. The summed E-state index contributed by atoms with van der Waals surface area (Å²) >= 11 is 16.4. The minimum Gasteiger partial charge on any atom is -0.496 e. The van der Waals surface area contributed by atoms with E-state index in [9.17, 15) is 4.79 Å². The molecule has 0 aliphatic rings. The van der Waals surface area contributed by atoms with Crippen LogP contribution in [0.25, 0.3) is 0 Å². The van der Waals surface area contributed by atoms with Gasteiger partial charge in [-0.25, -0.2) is 0 Å². The second-order valence-corrected chi connectivity index (χ2v) is 6.89. The van der Waals surface area contributed by atoms with E-state index in [2.05, 4.69) is 15.9 Å². The summed E-state index contributed by atoms with van der Waals surface area (Å²) in [6.45, 7) is 0. The Morgan fingerprint density at radius 2 is 1.75 bits per heavy atom. The van der Waals surface area contributed by atoms with Gasteiger partial charge in [0.1, 0.15) is 15.8 Å². The van der Waals surface area contributed by atoms with Crippen molar-refractivity contribution in [1.29, 1.82) is 0 Å². The van der Waals surface area contributed by atoms with E-state index in [1.165, 1.54) is 14.2 Å². The SMILES string of the molecule is COc1cc(C(=O)c2cc(Cl)sc2Cl)c(OC)cc1Br. The average Bonchev–Trinajstić information content (AvgIpc) is 2.76. The molecular weight excluding hydrogens is 387 g/mol. The van der Waals surface area contributed by atoms with Gasteiger partial charge in [-0.15, -0.1) is 11.3 Å². The van der Waals surface area contributed by atoms with Gasteiger partial charge in [0.15, 0.2) is 5.78 Å². The van der Waals surface area contributed by atoms with Crippen LogP contribution in [0, 0.1) is 0 Å². The quantitative estimate of drug-likeness (QED) is 0.678. The number of halogens is 3. The third-order valence-corrected chi connectivity index (χ3v) is 4.73. The lowest BCUT2D eigenvalue weighted by Crippen LogP contribution is -2.04. The predicted molar refractivity (Wildman–Crippen MR) is 85.0 cm³/mol. The highest BCUT2D eigenvalue weighted by molar-refractivity contribution is 9.10. The molecule has 0 N–H and O–H groups in total. The van der Waals surface area contributed by atoms with E-state index in [-0.39, 0.29) is 5.78 Å². The van der Waals surface area contributed by atoms with Crippen molar-refractivity contribution in [1.82, 2.24) is 0 Å². The molecule has 0 spiro atoms. The van der Waals surface area contributed by atoms with Crippen LogP contribution in [0.3, 0.4) is 0 Å². The van der Waals surface area contributed by atoms with Gasteiger partial charge in [-0.2, -0.15) is 0 Å². The second kappa shape index (κ2) is 6.35. The minimum absolute atomic E-state index is 0.263. The molecule has 0 unspecified atom stereocenters. The fourth-order valence-electron chi connectivity index (χ4n) is 1.68. The molecule has 0 radical (unpaired) electrons. The molecule has 0 atom stereocenters. The molecule has 0 aliphatic carbocycles. The number of benzene rings is 1. The maximum Gasteiger partial charge on any atom is 0.199 e. The van der Waals surface area contributed by atoms with E-state index < -0.39 is 0 Å². The zero-order valence-electron chi connectivity index (χ0n) is 10.5. The first kappa shape index (κ1) is 15.6. The van der Waals surface area contributed by atoms with Crippen molar-refractivity contribution in [3.05, 3.63) is 42.5 Å². The summed E-state index contributed by atoms with van der Waals surface area (Å²) in [6, 6.07) is 4.83. The van der Waals surface area contributed by atoms with Crippen LogP contribution in [0.15, 0.2) is 22.7 Å². The van der Waals surface area contributed by atoms with Gasteiger partial charge in [0.2, 0.25) is 0 Å². The molecule has 2 rings (SSSR count). The van der Waals surface area contributed by atoms with E-state index >= 15 is 0 Å². The molecule has 20 heavy (non-hydrogen) atoms. The number of carbonyl (C=O) groups excluding carboxylic acids is 1. The average molecular weight is 396 g/mol. The molecule has 106 valence electrons. The molecule has 1 aromatic heterocycles. The first-order valence-electron chi connectivity index (χ1n) is 5.39. The molecule has 3 nitrogen and oxygen atoms in total. The summed E-state index contributed by atoms with van der Waals surface area (Å²) in [7, 11) is 3.02. The lowest BCUT2D eigenvalue weighted by atomic mass is 10.0. The standard InChI is InChI=1S/C13H9BrCl2O3S/c1-18-9-5-8(14)10(19-2)3-6(9)12(17)7-4-11(15)20-13(7)16/h3-5H,1-2H3. The molecule has 0 saturated heterocycles. The third-order valence-electron chi connectivity index (χ3n) is 2.62. The lowest BCUT2D eigenvalue weighted by Gasteiger charge is -2.11. The zero-order valence-corrected chi connectivity index (χ0v) is 14.4. The third kappa shape index (κ3) is 2.96. The van der Waals surface area contributed by atoms with Crippen LogP contribution in [0.5, 0.6) is 11.5 Å². The summed E-state index contributed by atoms with van der Waals surface area (Å²) < 4.78 is 11.9. The Labute approximate surface area is 138 Å². The Morgan fingerprint density at radius 3 is 2.25 bits per heavy atom. The second-order valence-electron chi connectivity index (χ2n) is 3.75. The van der Waals surface area contributed by atoms with Gasteiger partial charge in [-0.1, -0.05) is 23.2 Å². The van der Waals surface area contributed by atoms with Crippen LogP contribution in [0.1, 0.15) is 15.9 Å². The molecule has 1 heterocycles. The first-order chi connectivity index (χ1) is 9.47. The molecule has 0 amide bonds. The van der Waals surface area contributed by atoms with Crippen molar-refractivity contribution in [3.8, 4) is 11.5 Å². The van der Waals surface area contributed by atoms with Crippen molar-refractivity contribution in [2.24, 2.45) is 0 Å². The highest BCUT2D eigenvalue weighted by Crippen LogP contribution is 2.37. The van der Waals surface area contributed by atoms with Gasteiger partial charge in [-0.3, -0.25) is 4.79 Å². The molecule has 7 heteroatoms. The molecular formula is C13H9BrCl2O3S. The molecule has 1 aromatic carbocycles. The molecule has 0 fully saturated rings. The van der Waals surface area contributed by atoms with Gasteiger partial charge in [-0.05, 0) is 34.1 Å². The number of methoxy groups -OCH3 is 2. The Morgan fingerprint density at radius 1 is 1.10 bits per heavy atom. The van der Waals surface area contributed by atoms with Gasteiger partial charge >= 0.3 is 0 Å². The van der Waals surface area contributed by atoms with Crippen LogP contribution in [0.2, 0.25) is 8.67 Å². The van der Waals surface area contributed by atoms with Gasteiger partial charge in [0.25, 0.3) is 0 Å². The van der Waals surface area contributed by atoms with Crippen molar-refractivity contribution in [2.75, 3.05) is 14.2 Å². The zero-order chi connectivity index (χ0) is 14.9. The Bertz CT molecular complexity index is 670. The normalized spacial score (nSPS) is 10.4. The Balaban J connectivity index is 2.56. The van der Waals surface area contributed by atoms with Gasteiger partial charge < -0.3 is 9.47 Å². The van der Waals surface area contributed by atoms with E-state index in [4.69, 9.17) is 32.7 Å². The van der Waals surface area contributed by atoms with Crippen molar-refractivity contribution >= 4 is 56.3 Å². The molecule has 0 saturated carbocycles. The number of carbonyl (C=O) groups is 1. The van der Waals surface area contributed by atoms with Crippen molar-refractivity contribution < 1.29 is 14.3 Å². The Kier molecular flexibility index (Phi) is 4.96.